The van der Waals surface area contributed by atoms with Crippen molar-refractivity contribution in [3.8, 4) is 91.2 Å². The van der Waals surface area contributed by atoms with Crippen LogP contribution in [0.5, 0.6) is 69.0 Å². The molecule has 6 aliphatic rings. The SMILES string of the molecule is COC(=O)c1cc(OC)c2c(c1-c1c(COC(=O)COCCOCCCOC(=O)CCC/C=C\C[C@H]3[C@H](/C=C/[C@H](O)CCc4ccccc4)[C@@H](O)C[C@H]3O)cc(OC)c3c1OCO3)OCO2.COC(=O)c1cc(OC)c2c(c1-c1c(COC(=O)COCCOCC[C-]=O)cc(OC)c3c1OCO3)OCO2.[CH2-]CC(=O)CCC/C=C\C[C@H]1[C@H](/C=C/[C@H](O)CCc2ccccc2)[C@@H](O)C[C@H]1O.[Y]. The van der Waals surface area contributed by atoms with Gasteiger partial charge in [0, 0.05) is 123 Å². The smallest absolute Gasteiger partial charge is 0.338 e. The first-order valence-electron chi connectivity index (χ1n) is 44.6. The molecule has 6 aromatic rings. The molecule has 0 unspecified atom stereocenters. The van der Waals surface area contributed by atoms with Crippen LogP contribution < -0.4 is 56.8 Å². The van der Waals surface area contributed by atoms with Crippen LogP contribution in [0.4, 0.5) is 0 Å². The molecule has 4 heterocycles. The number of hydrogen-bond acceptors (Lipinski definition) is 34. The molecule has 10 atom stereocenters. The molecule has 2 fully saturated rings. The van der Waals surface area contributed by atoms with Gasteiger partial charge < -0.3 is 147 Å². The van der Waals surface area contributed by atoms with Gasteiger partial charge in [0.2, 0.25) is 50.2 Å². The van der Waals surface area contributed by atoms with Gasteiger partial charge in [0.05, 0.1) is 123 Å². The number of aryl methyl sites for hydroxylation is 2. The summed E-state index contributed by atoms with van der Waals surface area (Å²) in [4.78, 5) is 84.9. The van der Waals surface area contributed by atoms with Crippen molar-refractivity contribution in [2.45, 2.75) is 159 Å². The largest absolute Gasteiger partial charge is 0.542 e. The molecule has 1 radical (unpaired) electrons. The predicted octanol–water partition coefficient (Wildman–Crippen LogP) is 11.6. The number of hydrogen-bond donors (Lipinski definition) is 6. The van der Waals surface area contributed by atoms with Gasteiger partial charge in [-0.1, -0.05) is 109 Å². The van der Waals surface area contributed by atoms with Crippen LogP contribution in [0.25, 0.3) is 22.3 Å². The average Bonchev–Trinajstić information content (AvgIpc) is 1.66. The summed E-state index contributed by atoms with van der Waals surface area (Å²) in [5.41, 5.74) is 4.62. The molecule has 2 saturated carbocycles. The zero-order chi connectivity index (χ0) is 95.7. The summed E-state index contributed by atoms with van der Waals surface area (Å²) in [6.07, 6.45) is 22.7. The Morgan fingerprint density at radius 3 is 1.23 bits per heavy atom. The van der Waals surface area contributed by atoms with E-state index in [0.29, 0.717) is 117 Å². The molecule has 0 saturated heterocycles. The number of rotatable bonds is 52. The predicted molar refractivity (Wildman–Crippen MR) is 483 cm³/mol. The van der Waals surface area contributed by atoms with Crippen molar-refractivity contribution in [1.29, 1.82) is 0 Å². The van der Waals surface area contributed by atoms with E-state index in [-0.39, 0.29) is 248 Å². The number of carbonyl (C=O) groups excluding carboxylic acids is 7. The first-order valence-corrected chi connectivity index (χ1v) is 44.6. The minimum Gasteiger partial charge on any atom is -0.542 e. The molecule has 0 spiro atoms. The summed E-state index contributed by atoms with van der Waals surface area (Å²) in [5.74, 6) is -0.151. The second-order valence-electron chi connectivity index (χ2n) is 31.8. The van der Waals surface area contributed by atoms with Crippen LogP contribution in [0.1, 0.15) is 139 Å². The fraction of sp³-hybridized carbons (Fsp3) is 0.480. The molecule has 0 aromatic heterocycles. The van der Waals surface area contributed by atoms with Crippen LogP contribution in [-0.2, 0) is 125 Å². The first-order chi connectivity index (χ1) is 65.2. The molecular weight excluding hydrogens is 1830 g/mol. The van der Waals surface area contributed by atoms with Crippen molar-refractivity contribution >= 4 is 41.9 Å². The Labute approximate surface area is 810 Å². The van der Waals surface area contributed by atoms with E-state index in [1.807, 2.05) is 97.1 Å². The molecule has 35 heteroatoms. The van der Waals surface area contributed by atoms with E-state index in [9.17, 15) is 64.2 Å². The summed E-state index contributed by atoms with van der Waals surface area (Å²) < 4.78 is 116. The van der Waals surface area contributed by atoms with Gasteiger partial charge in [0.1, 0.15) is 32.2 Å². The van der Waals surface area contributed by atoms with Crippen LogP contribution in [0.3, 0.4) is 0 Å². The minimum absolute atomic E-state index is 0. The molecule has 6 N–H and O–H groups in total. The summed E-state index contributed by atoms with van der Waals surface area (Å²) >= 11 is 0. The Balaban J connectivity index is 0.000000250. The summed E-state index contributed by atoms with van der Waals surface area (Å²) in [5, 5.41) is 62.5. The Bertz CT molecular complexity index is 4920. The van der Waals surface area contributed by atoms with Crippen LogP contribution >= 0.6 is 0 Å². The molecule has 0 bridgehead atoms. The summed E-state index contributed by atoms with van der Waals surface area (Å²) in [6, 6.07) is 26.2. The average molecular weight is 1960 g/mol. The van der Waals surface area contributed by atoms with Gasteiger partial charge in [-0.05, 0) is 111 Å². The maximum absolute atomic E-state index is 13.1. The Morgan fingerprint density at radius 2 is 0.830 bits per heavy atom. The molecule has 135 heavy (non-hydrogen) atoms. The molecule has 12 rings (SSSR count). The monoisotopic (exact) mass is 1960 g/mol. The maximum Gasteiger partial charge on any atom is 0.338 e. The fourth-order valence-electron chi connectivity index (χ4n) is 16.0. The van der Waals surface area contributed by atoms with Crippen molar-refractivity contribution in [1.82, 2.24) is 0 Å². The maximum atomic E-state index is 13.1. The number of fused-ring (bicyclic) bond motifs is 4. The normalized spacial score (nSPS) is 18.4. The number of esters is 5. The molecule has 34 nitrogen and oxygen atoms in total. The number of ketones is 1. The van der Waals surface area contributed by atoms with Gasteiger partial charge in [0.25, 0.3) is 0 Å². The number of benzene rings is 6. The standard InChI is InChI=1S/C49H60O17.C26H27O13.C25H35O4.Y/c1-56-39-24-32(43(47-45(39)63-29-65-47)44-36(49(55)58-3)25-40(57-2)46-48(44)66-30-64-46)27-62-42(54)28-60-23-22-59-20-11-21-61-41(53)15-10-5-4-9-14-34-35(38(52)26-37(34)51)19-18-33(50)17-16-31-12-7-6-8-13-31;1-30-17-9-15(11-35-19(28)12-34-8-7-33-6-4-5-27)20(24-22(17)36-13-38-24)21-16(26(29)32-3)10-18(31-2)23-25(21)39-14-37-23;1-2-20(26)12-8-3-4-9-13-22-23(25(29)18-24(22)28)17-16-21(27)15-14-19-10-6-5-7-11-19;/h4,6-9,12-13,18-19,24-25,33-35,37-38,50-52H,5,10-11,14-17,20-23,26-30H2,1-3H3;9-10H,4,6-8,11-14H2,1-3H3;4-7,9-11,16-17,21-25,27-29H,1-3,8,12-15,18H2;/q;2*-1;/b9-4-,19-18+;;9-4-,17-16+;/t33-,34+,35+,37-,38+;;21-,22+,23+,24-,25+;/m1.1./s1. The van der Waals surface area contributed by atoms with E-state index >= 15 is 0 Å². The van der Waals surface area contributed by atoms with Crippen molar-refractivity contribution in [3.63, 3.8) is 0 Å². The quantitative estimate of drug-likeness (QED) is 0.00679. The van der Waals surface area contributed by atoms with E-state index in [1.165, 1.54) is 60.4 Å². The Hall–Kier alpha value is -10.7. The van der Waals surface area contributed by atoms with Gasteiger partial charge in [-0.2, -0.15) is 0 Å². The Morgan fingerprint density at radius 1 is 0.444 bits per heavy atom. The zero-order valence-corrected chi connectivity index (χ0v) is 79.8. The Kier molecular flexibility index (Phi) is 45.9. The van der Waals surface area contributed by atoms with Crippen molar-refractivity contribution < 1.29 is 196 Å². The second kappa shape index (κ2) is 57.3. The molecular formula is C100H122O34Y-2. The van der Waals surface area contributed by atoms with Crippen LogP contribution in [-0.4, -0.2) is 238 Å². The number of methoxy groups -OCH3 is 6. The summed E-state index contributed by atoms with van der Waals surface area (Å²) in [6.45, 7) is 3.31. The molecule has 4 aliphatic heterocycles. The van der Waals surface area contributed by atoms with Gasteiger partial charge in [0.15, 0.2) is 46.0 Å². The number of unbranched alkanes of at least 4 members (excludes halogenated alkanes) is 2. The number of allylic oxidation sites excluding steroid dienone is 4. The third-order valence-electron chi connectivity index (χ3n) is 22.9. The number of carbonyl (C=O) groups is 6. The van der Waals surface area contributed by atoms with E-state index in [1.54, 1.807) is 30.6 Å². The third-order valence-corrected chi connectivity index (χ3v) is 22.9. The van der Waals surface area contributed by atoms with Crippen LogP contribution in [0.2, 0.25) is 0 Å². The topological polar surface area (TPSA) is 435 Å². The third kappa shape index (κ3) is 31.4. The molecule has 0 amide bonds. The molecule has 731 valence electrons. The number of ether oxygens (including phenoxy) is 21. The van der Waals surface area contributed by atoms with Crippen molar-refractivity contribution in [3.05, 3.63) is 174 Å². The van der Waals surface area contributed by atoms with Crippen molar-refractivity contribution in [2.24, 2.45) is 23.7 Å². The van der Waals surface area contributed by atoms with Crippen molar-refractivity contribution in [2.75, 3.05) is 129 Å². The number of aliphatic hydroxyl groups excluding tert-OH is 6. The molecule has 6 aromatic carbocycles. The fourth-order valence-corrected chi connectivity index (χ4v) is 16.0. The first kappa shape index (κ1) is 108. The van der Waals surface area contributed by atoms with Gasteiger partial charge in [-0.25, -0.2) is 19.2 Å². The van der Waals surface area contributed by atoms with E-state index in [0.717, 1.165) is 31.2 Å². The second-order valence-corrected chi connectivity index (χ2v) is 31.8. The zero-order valence-electron chi connectivity index (χ0n) is 77.0. The number of aliphatic hydroxyl groups is 6. The van der Waals surface area contributed by atoms with Crippen LogP contribution in [0, 0.1) is 30.6 Å². The van der Waals surface area contributed by atoms with E-state index < -0.39 is 60.5 Å². The number of Topliss-reactive ketones (excluding diaryl/α,β-unsaturated/α-hetero) is 1. The summed E-state index contributed by atoms with van der Waals surface area (Å²) in [7, 11) is 8.27. The van der Waals surface area contributed by atoms with E-state index in [4.69, 9.17) is 99.5 Å². The van der Waals surface area contributed by atoms with E-state index in [2.05, 4.69) is 6.92 Å². The van der Waals surface area contributed by atoms with Gasteiger partial charge >= 0.3 is 29.8 Å². The van der Waals surface area contributed by atoms with Gasteiger partial charge in [-0.3, -0.25) is 11.1 Å². The molecule has 2 aliphatic carbocycles. The van der Waals surface area contributed by atoms with Gasteiger partial charge in [-0.15, -0.1) is 12.8 Å². The van der Waals surface area contributed by atoms with Crippen LogP contribution in [0.15, 0.2) is 134 Å². The minimum atomic E-state index is -0.686.